The van der Waals surface area contributed by atoms with Crippen LogP contribution in [0.2, 0.25) is 0 Å². The Bertz CT molecular complexity index is 451. The first kappa shape index (κ1) is 8.43. The van der Waals surface area contributed by atoms with E-state index >= 15 is 0 Å². The molecule has 14 heavy (non-hydrogen) atoms. The molecule has 0 spiro atoms. The fourth-order valence-corrected chi connectivity index (χ4v) is 1.29. The van der Waals surface area contributed by atoms with Gasteiger partial charge in [-0.05, 0) is 12.1 Å². The summed E-state index contributed by atoms with van der Waals surface area (Å²) in [6.07, 6.45) is 0. The van der Waals surface area contributed by atoms with Crippen molar-refractivity contribution in [1.29, 1.82) is 0 Å². The highest BCUT2D eigenvalue weighted by atomic mass is 16.4. The first-order valence-electron chi connectivity index (χ1n) is 3.91. The number of Topliss-reactive ketones (excluding diaryl/α,β-unsaturated/α-hetero) is 1. The minimum atomic E-state index is -0.684. The van der Waals surface area contributed by atoms with E-state index in [1.165, 1.54) is 0 Å². The largest absolute Gasteiger partial charge is 0.410 e. The van der Waals surface area contributed by atoms with E-state index in [1.807, 2.05) is 0 Å². The lowest BCUT2D eigenvalue weighted by Crippen LogP contribution is -2.35. The Morgan fingerprint density at radius 3 is 2.64 bits per heavy atom. The number of anilines is 1. The molecule has 1 heterocycles. The molecule has 2 rings (SSSR count). The zero-order valence-corrected chi connectivity index (χ0v) is 7.02. The minimum absolute atomic E-state index is 0.333. The summed E-state index contributed by atoms with van der Waals surface area (Å²) in [6, 6.07) is 6.54. The van der Waals surface area contributed by atoms with E-state index in [2.05, 4.69) is 10.5 Å². The normalized spacial score (nSPS) is 17.9. The monoisotopic (exact) mass is 190 g/mol. The van der Waals surface area contributed by atoms with Crippen molar-refractivity contribution < 1.29 is 14.8 Å². The van der Waals surface area contributed by atoms with Crippen LogP contribution < -0.4 is 5.32 Å². The molecule has 5 heteroatoms. The Morgan fingerprint density at radius 1 is 1.21 bits per heavy atom. The maximum Gasteiger partial charge on any atom is 0.281 e. The van der Waals surface area contributed by atoms with Gasteiger partial charge in [0.1, 0.15) is 0 Å². The van der Waals surface area contributed by atoms with Crippen molar-refractivity contribution in [2.75, 3.05) is 5.32 Å². The summed E-state index contributed by atoms with van der Waals surface area (Å²) in [6.45, 7) is 0. The molecule has 0 radical (unpaired) electrons. The second kappa shape index (κ2) is 2.95. The van der Waals surface area contributed by atoms with Crippen LogP contribution in [0.3, 0.4) is 0 Å². The van der Waals surface area contributed by atoms with Gasteiger partial charge in [0.05, 0.1) is 5.69 Å². The van der Waals surface area contributed by atoms with Crippen LogP contribution in [0.5, 0.6) is 0 Å². The number of nitrogens with zero attached hydrogens (tertiary/aromatic N) is 1. The van der Waals surface area contributed by atoms with Crippen molar-refractivity contribution in [3.05, 3.63) is 29.8 Å². The fraction of sp³-hybridized carbons (Fsp3) is 0. The van der Waals surface area contributed by atoms with E-state index in [4.69, 9.17) is 5.21 Å². The van der Waals surface area contributed by atoms with E-state index in [0.717, 1.165) is 0 Å². The van der Waals surface area contributed by atoms with E-state index in [9.17, 15) is 9.59 Å². The van der Waals surface area contributed by atoms with Gasteiger partial charge in [0.2, 0.25) is 11.5 Å². The summed E-state index contributed by atoms with van der Waals surface area (Å²) < 4.78 is 0. The first-order valence-corrected chi connectivity index (χ1v) is 3.91. The predicted molar refractivity (Wildman–Crippen MR) is 48.6 cm³/mol. The second-order valence-electron chi connectivity index (χ2n) is 2.78. The number of benzene rings is 1. The Hall–Kier alpha value is -2.17. The van der Waals surface area contributed by atoms with Gasteiger partial charge < -0.3 is 10.5 Å². The third-order valence-electron chi connectivity index (χ3n) is 1.95. The molecule has 1 aromatic rings. The van der Waals surface area contributed by atoms with Crippen LogP contribution in [0.1, 0.15) is 10.4 Å². The molecule has 1 aliphatic rings. The number of carbonyl (C=O) groups excluding carboxylic acids is 2. The number of para-hydroxylation sites is 1. The molecule has 0 aliphatic carbocycles. The Balaban J connectivity index is 2.60. The zero-order chi connectivity index (χ0) is 10.1. The number of fused-ring (bicyclic) bond motifs is 1. The summed E-state index contributed by atoms with van der Waals surface area (Å²) in [7, 11) is 0. The molecule has 0 bridgehead atoms. The molecule has 0 atom stereocenters. The molecule has 5 nitrogen and oxygen atoms in total. The van der Waals surface area contributed by atoms with E-state index in [1.54, 1.807) is 24.3 Å². The molecule has 0 saturated heterocycles. The molecule has 0 saturated carbocycles. The highest BCUT2D eigenvalue weighted by Gasteiger charge is 2.30. The number of carbonyl (C=O) groups is 2. The number of hydrogen-bond acceptors (Lipinski definition) is 4. The highest BCUT2D eigenvalue weighted by molar-refractivity contribution is 6.72. The van der Waals surface area contributed by atoms with Crippen molar-refractivity contribution in [2.45, 2.75) is 0 Å². The van der Waals surface area contributed by atoms with E-state index in [-0.39, 0.29) is 0 Å². The SMILES string of the molecule is O=C1Nc2ccccc2C(=O)C1=NO. The molecule has 0 aromatic heterocycles. The van der Waals surface area contributed by atoms with Gasteiger partial charge in [-0.25, -0.2) is 0 Å². The van der Waals surface area contributed by atoms with Crippen molar-refractivity contribution in [2.24, 2.45) is 5.16 Å². The Kier molecular flexibility index (Phi) is 1.78. The van der Waals surface area contributed by atoms with Gasteiger partial charge in [0.25, 0.3) is 5.91 Å². The fourth-order valence-electron chi connectivity index (χ4n) is 1.29. The highest BCUT2D eigenvalue weighted by Crippen LogP contribution is 2.20. The molecular weight excluding hydrogens is 184 g/mol. The second-order valence-corrected chi connectivity index (χ2v) is 2.78. The van der Waals surface area contributed by atoms with Crippen LogP contribution in [-0.2, 0) is 4.79 Å². The molecule has 1 aliphatic heterocycles. The van der Waals surface area contributed by atoms with Gasteiger partial charge in [-0.2, -0.15) is 0 Å². The van der Waals surface area contributed by atoms with Crippen molar-refractivity contribution >= 4 is 23.1 Å². The lowest BCUT2D eigenvalue weighted by molar-refractivity contribution is -0.110. The number of hydrogen-bond donors (Lipinski definition) is 2. The van der Waals surface area contributed by atoms with E-state index < -0.39 is 17.4 Å². The van der Waals surface area contributed by atoms with Gasteiger partial charge in [-0.15, -0.1) is 0 Å². The smallest absolute Gasteiger partial charge is 0.281 e. The van der Waals surface area contributed by atoms with E-state index in [0.29, 0.717) is 11.3 Å². The summed E-state index contributed by atoms with van der Waals surface area (Å²) >= 11 is 0. The zero-order valence-electron chi connectivity index (χ0n) is 7.02. The van der Waals surface area contributed by atoms with Crippen molar-refractivity contribution in [1.82, 2.24) is 0 Å². The lowest BCUT2D eigenvalue weighted by atomic mass is 10.0. The molecule has 0 fully saturated rings. The molecular formula is C9H6N2O3. The Morgan fingerprint density at radius 2 is 1.93 bits per heavy atom. The number of nitrogens with one attached hydrogen (secondary N) is 1. The summed E-state index contributed by atoms with van der Waals surface area (Å²) in [5, 5.41) is 13.6. The molecule has 70 valence electrons. The van der Waals surface area contributed by atoms with Crippen LogP contribution in [0.15, 0.2) is 29.4 Å². The van der Waals surface area contributed by atoms with Crippen LogP contribution in [0.4, 0.5) is 5.69 Å². The number of oxime groups is 1. The van der Waals surface area contributed by atoms with Gasteiger partial charge in [-0.3, -0.25) is 9.59 Å². The summed E-state index contributed by atoms with van der Waals surface area (Å²) in [5.74, 6) is -1.25. The number of amides is 1. The van der Waals surface area contributed by atoms with Gasteiger partial charge in [0, 0.05) is 5.56 Å². The maximum atomic E-state index is 11.5. The van der Waals surface area contributed by atoms with Gasteiger partial charge >= 0.3 is 0 Å². The lowest BCUT2D eigenvalue weighted by Gasteiger charge is -2.15. The molecule has 1 amide bonds. The quantitative estimate of drug-likeness (QED) is 0.465. The van der Waals surface area contributed by atoms with Crippen LogP contribution in [-0.4, -0.2) is 22.6 Å². The molecule has 1 aromatic carbocycles. The third kappa shape index (κ3) is 1.06. The van der Waals surface area contributed by atoms with Crippen LogP contribution in [0, 0.1) is 0 Å². The molecule has 2 N–H and O–H groups in total. The number of ketones is 1. The topological polar surface area (TPSA) is 78.8 Å². The number of rotatable bonds is 0. The first-order chi connectivity index (χ1) is 6.74. The predicted octanol–water partition coefficient (Wildman–Crippen LogP) is 0.652. The van der Waals surface area contributed by atoms with Crippen molar-refractivity contribution in [3.63, 3.8) is 0 Å². The average molecular weight is 190 g/mol. The van der Waals surface area contributed by atoms with Gasteiger partial charge in [-0.1, -0.05) is 17.3 Å². The Labute approximate surface area is 79.0 Å². The minimum Gasteiger partial charge on any atom is -0.410 e. The third-order valence-corrected chi connectivity index (χ3v) is 1.95. The maximum absolute atomic E-state index is 11.5. The van der Waals surface area contributed by atoms with Crippen LogP contribution in [0.25, 0.3) is 0 Å². The molecule has 0 unspecified atom stereocenters. The van der Waals surface area contributed by atoms with Crippen molar-refractivity contribution in [3.8, 4) is 0 Å². The standard InChI is InChI=1S/C9H6N2O3/c12-8-5-3-1-2-4-6(5)10-9(13)7(8)11-14/h1-4,14H,(H,10,13). The summed E-state index contributed by atoms with van der Waals surface area (Å²) in [4.78, 5) is 22.7. The van der Waals surface area contributed by atoms with Gasteiger partial charge in [0.15, 0.2) is 0 Å². The summed E-state index contributed by atoms with van der Waals surface area (Å²) in [5.41, 5.74) is 0.290. The average Bonchev–Trinajstić information content (AvgIpc) is 2.18. The van der Waals surface area contributed by atoms with Crippen LogP contribution >= 0.6 is 0 Å².